The third-order valence-corrected chi connectivity index (χ3v) is 3.90. The normalized spacial score (nSPS) is 19.6. The second-order valence-electron chi connectivity index (χ2n) is 4.75. The van der Waals surface area contributed by atoms with Gasteiger partial charge < -0.3 is 4.90 Å². The second-order valence-corrected chi connectivity index (χ2v) is 5.06. The lowest BCUT2D eigenvalue weighted by molar-refractivity contribution is -0.129. The third-order valence-electron chi connectivity index (χ3n) is 3.46. The molecule has 0 aliphatic carbocycles. The van der Waals surface area contributed by atoms with E-state index >= 15 is 0 Å². The minimum atomic E-state index is 0.229. The molecule has 1 aromatic rings. The minimum Gasteiger partial charge on any atom is -0.342 e. The van der Waals surface area contributed by atoms with Crippen LogP contribution in [0.5, 0.6) is 0 Å². The summed E-state index contributed by atoms with van der Waals surface area (Å²) in [6.45, 7) is 3.74. The molecule has 1 heterocycles. The SMILES string of the molecule is Cc1ccccc1CC(=O)N1CCC(CCl)C1. The first-order chi connectivity index (χ1) is 8.20. The monoisotopic (exact) mass is 251 g/mol. The summed E-state index contributed by atoms with van der Waals surface area (Å²) in [5.74, 6) is 1.37. The van der Waals surface area contributed by atoms with Crippen molar-refractivity contribution < 1.29 is 4.79 Å². The average Bonchev–Trinajstić information content (AvgIpc) is 2.81. The summed E-state index contributed by atoms with van der Waals surface area (Å²) in [4.78, 5) is 14.1. The van der Waals surface area contributed by atoms with Gasteiger partial charge in [-0.15, -0.1) is 11.6 Å². The molecule has 0 bridgehead atoms. The number of carbonyl (C=O) groups is 1. The Kier molecular flexibility index (Phi) is 4.06. The highest BCUT2D eigenvalue weighted by molar-refractivity contribution is 6.18. The van der Waals surface area contributed by atoms with Gasteiger partial charge in [-0.3, -0.25) is 4.79 Å². The van der Waals surface area contributed by atoms with Crippen molar-refractivity contribution in [3.8, 4) is 0 Å². The first-order valence-electron chi connectivity index (χ1n) is 6.09. The summed E-state index contributed by atoms with van der Waals surface area (Å²) >= 11 is 5.83. The summed E-state index contributed by atoms with van der Waals surface area (Å²) in [6, 6.07) is 8.07. The topological polar surface area (TPSA) is 20.3 Å². The van der Waals surface area contributed by atoms with Gasteiger partial charge in [-0.25, -0.2) is 0 Å². The van der Waals surface area contributed by atoms with E-state index in [4.69, 9.17) is 11.6 Å². The van der Waals surface area contributed by atoms with Gasteiger partial charge in [-0.05, 0) is 30.4 Å². The van der Waals surface area contributed by atoms with Crippen LogP contribution in [0.25, 0.3) is 0 Å². The van der Waals surface area contributed by atoms with Gasteiger partial charge in [0.25, 0.3) is 0 Å². The predicted molar refractivity (Wildman–Crippen MR) is 70.3 cm³/mol. The van der Waals surface area contributed by atoms with Crippen molar-refractivity contribution in [2.75, 3.05) is 19.0 Å². The highest BCUT2D eigenvalue weighted by Gasteiger charge is 2.25. The first kappa shape index (κ1) is 12.4. The fourth-order valence-electron chi connectivity index (χ4n) is 2.27. The van der Waals surface area contributed by atoms with E-state index in [1.807, 2.05) is 36.1 Å². The molecule has 1 fully saturated rings. The Hall–Kier alpha value is -1.02. The fourth-order valence-corrected chi connectivity index (χ4v) is 2.52. The molecule has 3 heteroatoms. The van der Waals surface area contributed by atoms with Crippen LogP contribution >= 0.6 is 11.6 Å². The summed E-state index contributed by atoms with van der Waals surface area (Å²) in [5.41, 5.74) is 2.32. The number of hydrogen-bond acceptors (Lipinski definition) is 1. The molecule has 92 valence electrons. The third kappa shape index (κ3) is 3.01. The van der Waals surface area contributed by atoms with Gasteiger partial charge in [0.05, 0.1) is 6.42 Å². The van der Waals surface area contributed by atoms with Gasteiger partial charge in [0.1, 0.15) is 0 Å². The quantitative estimate of drug-likeness (QED) is 0.757. The van der Waals surface area contributed by atoms with Crippen molar-refractivity contribution in [2.24, 2.45) is 5.92 Å². The Balaban J connectivity index is 1.96. The van der Waals surface area contributed by atoms with Gasteiger partial charge in [-0.1, -0.05) is 24.3 Å². The van der Waals surface area contributed by atoms with Crippen LogP contribution in [0.4, 0.5) is 0 Å². The number of hydrogen-bond donors (Lipinski definition) is 0. The number of halogens is 1. The van der Waals surface area contributed by atoms with Crippen molar-refractivity contribution in [1.29, 1.82) is 0 Å². The first-order valence-corrected chi connectivity index (χ1v) is 6.62. The van der Waals surface area contributed by atoms with E-state index in [9.17, 15) is 4.79 Å². The zero-order chi connectivity index (χ0) is 12.3. The number of amides is 1. The summed E-state index contributed by atoms with van der Waals surface area (Å²) in [6.07, 6.45) is 1.56. The number of carbonyl (C=O) groups excluding carboxylic acids is 1. The molecule has 1 aliphatic rings. The van der Waals surface area contributed by atoms with Gasteiger partial charge in [0, 0.05) is 19.0 Å². The minimum absolute atomic E-state index is 0.229. The average molecular weight is 252 g/mol. The van der Waals surface area contributed by atoms with E-state index in [1.54, 1.807) is 0 Å². The van der Waals surface area contributed by atoms with Gasteiger partial charge in [0.15, 0.2) is 0 Å². The Morgan fingerprint density at radius 3 is 2.88 bits per heavy atom. The van der Waals surface area contributed by atoms with Crippen LogP contribution in [0.15, 0.2) is 24.3 Å². The largest absolute Gasteiger partial charge is 0.342 e. The maximum Gasteiger partial charge on any atom is 0.227 e. The van der Waals surface area contributed by atoms with Crippen LogP contribution in [0.2, 0.25) is 0 Å². The number of aryl methyl sites for hydroxylation is 1. The maximum atomic E-state index is 12.1. The van der Waals surface area contributed by atoms with Gasteiger partial charge >= 0.3 is 0 Å². The zero-order valence-corrected chi connectivity index (χ0v) is 10.9. The molecule has 1 atom stereocenters. The molecule has 0 aromatic heterocycles. The maximum absolute atomic E-state index is 12.1. The predicted octanol–water partition coefficient (Wildman–Crippen LogP) is 2.62. The number of alkyl halides is 1. The van der Waals surface area contributed by atoms with Crippen LogP contribution < -0.4 is 0 Å². The summed E-state index contributed by atoms with van der Waals surface area (Å²) in [5, 5.41) is 0. The smallest absolute Gasteiger partial charge is 0.227 e. The Labute approximate surface area is 108 Å². The number of benzene rings is 1. The lowest BCUT2D eigenvalue weighted by Gasteiger charge is -2.16. The van der Waals surface area contributed by atoms with E-state index in [-0.39, 0.29) is 5.91 Å². The van der Waals surface area contributed by atoms with Gasteiger partial charge in [-0.2, -0.15) is 0 Å². The molecule has 1 amide bonds. The van der Waals surface area contributed by atoms with E-state index in [2.05, 4.69) is 0 Å². The molecule has 1 saturated heterocycles. The van der Waals surface area contributed by atoms with E-state index in [0.717, 1.165) is 25.1 Å². The molecule has 2 rings (SSSR count). The number of rotatable bonds is 3. The molecule has 1 aromatic carbocycles. The molecular formula is C14H18ClNO. The molecule has 0 saturated carbocycles. The van der Waals surface area contributed by atoms with Crippen molar-refractivity contribution in [1.82, 2.24) is 4.90 Å². The molecule has 17 heavy (non-hydrogen) atoms. The summed E-state index contributed by atoms with van der Waals surface area (Å²) in [7, 11) is 0. The Bertz CT molecular complexity index is 405. The number of nitrogens with zero attached hydrogens (tertiary/aromatic N) is 1. The fraction of sp³-hybridized carbons (Fsp3) is 0.500. The van der Waals surface area contributed by atoms with Crippen molar-refractivity contribution in [2.45, 2.75) is 19.8 Å². The molecule has 1 aliphatic heterocycles. The van der Waals surface area contributed by atoms with Gasteiger partial charge in [0.2, 0.25) is 5.91 Å². The van der Waals surface area contributed by atoms with E-state index in [1.165, 1.54) is 5.56 Å². The molecule has 2 nitrogen and oxygen atoms in total. The molecule has 0 spiro atoms. The lowest BCUT2D eigenvalue weighted by Crippen LogP contribution is -2.30. The molecular weight excluding hydrogens is 234 g/mol. The Morgan fingerprint density at radius 1 is 1.47 bits per heavy atom. The second kappa shape index (κ2) is 5.54. The number of likely N-dealkylation sites (tertiary alicyclic amines) is 1. The van der Waals surface area contributed by atoms with Crippen LogP contribution in [0, 0.1) is 12.8 Å². The van der Waals surface area contributed by atoms with Crippen LogP contribution in [-0.4, -0.2) is 29.8 Å². The van der Waals surface area contributed by atoms with Crippen molar-refractivity contribution in [3.05, 3.63) is 35.4 Å². The van der Waals surface area contributed by atoms with Crippen LogP contribution in [0.1, 0.15) is 17.5 Å². The molecule has 0 radical (unpaired) electrons. The highest BCUT2D eigenvalue weighted by atomic mass is 35.5. The van der Waals surface area contributed by atoms with Crippen molar-refractivity contribution >= 4 is 17.5 Å². The highest BCUT2D eigenvalue weighted by Crippen LogP contribution is 2.19. The zero-order valence-electron chi connectivity index (χ0n) is 10.2. The van der Waals surface area contributed by atoms with E-state index in [0.29, 0.717) is 18.2 Å². The lowest BCUT2D eigenvalue weighted by atomic mass is 10.1. The molecule has 1 unspecified atom stereocenters. The standard InChI is InChI=1S/C14H18ClNO/c1-11-4-2-3-5-13(11)8-14(17)16-7-6-12(9-15)10-16/h2-5,12H,6-10H2,1H3. The summed E-state index contributed by atoms with van der Waals surface area (Å²) < 4.78 is 0. The Morgan fingerprint density at radius 2 is 2.24 bits per heavy atom. The van der Waals surface area contributed by atoms with Crippen LogP contribution in [0.3, 0.4) is 0 Å². The van der Waals surface area contributed by atoms with E-state index < -0.39 is 0 Å². The molecule has 0 N–H and O–H groups in total. The van der Waals surface area contributed by atoms with Crippen molar-refractivity contribution in [3.63, 3.8) is 0 Å². The van der Waals surface area contributed by atoms with Crippen LogP contribution in [-0.2, 0) is 11.2 Å².